The summed E-state index contributed by atoms with van der Waals surface area (Å²) in [6.45, 7) is 1.65. The molecule has 0 radical (unpaired) electrons. The van der Waals surface area contributed by atoms with Gasteiger partial charge in [-0.15, -0.1) is 0 Å². The molecule has 21 heavy (non-hydrogen) atoms. The molecule has 0 aliphatic rings. The maximum atomic E-state index is 13.0. The highest BCUT2D eigenvalue weighted by molar-refractivity contribution is 6.33. The average molecular weight is 316 g/mol. The number of aromatic hydroxyl groups is 1. The van der Waals surface area contributed by atoms with Crippen LogP contribution in [0.2, 0.25) is 5.02 Å². The van der Waals surface area contributed by atoms with Crippen LogP contribution in [0.3, 0.4) is 0 Å². The number of anilines is 1. The molecule has 0 saturated heterocycles. The Balaban J connectivity index is 2.38. The lowest BCUT2D eigenvalue weighted by Gasteiger charge is -2.21. The Hall–Kier alpha value is -1.88. The lowest BCUT2D eigenvalue weighted by atomic mass is 10.1. The van der Waals surface area contributed by atoms with Crippen molar-refractivity contribution in [2.75, 3.05) is 5.32 Å². The number of benzene rings is 2. The van der Waals surface area contributed by atoms with Crippen LogP contribution in [0.5, 0.6) is 5.75 Å². The molecule has 0 aromatic heterocycles. The Morgan fingerprint density at radius 1 is 1.10 bits per heavy atom. The van der Waals surface area contributed by atoms with Gasteiger partial charge >= 0.3 is 6.18 Å². The van der Waals surface area contributed by atoms with Gasteiger partial charge in [0.1, 0.15) is 5.75 Å². The second kappa shape index (κ2) is 5.85. The summed E-state index contributed by atoms with van der Waals surface area (Å²) in [5.74, 6) is 0.0121. The molecule has 0 spiro atoms. The number of halogens is 4. The second-order valence-electron chi connectivity index (χ2n) is 4.58. The molecule has 0 bridgehead atoms. The number of hydrogen-bond donors (Lipinski definition) is 2. The fourth-order valence-electron chi connectivity index (χ4n) is 2.06. The summed E-state index contributed by atoms with van der Waals surface area (Å²) in [7, 11) is 0. The van der Waals surface area contributed by atoms with Crippen molar-refractivity contribution in [3.8, 4) is 5.75 Å². The van der Waals surface area contributed by atoms with Crippen LogP contribution in [0.25, 0.3) is 0 Å². The van der Waals surface area contributed by atoms with Gasteiger partial charge in [-0.25, -0.2) is 0 Å². The van der Waals surface area contributed by atoms with Gasteiger partial charge in [0.25, 0.3) is 0 Å². The summed E-state index contributed by atoms with van der Waals surface area (Å²) in [6.07, 6.45) is -4.51. The maximum absolute atomic E-state index is 13.0. The first-order chi connectivity index (χ1) is 9.80. The standard InChI is InChI=1S/C15H13ClF3NO/c1-9(10-5-2-3-8-13(10)21)20-14-11(15(17,18)19)6-4-7-12(14)16/h2-9,20-21H,1H3. The zero-order valence-corrected chi connectivity index (χ0v) is 11.8. The molecule has 0 fully saturated rings. The highest BCUT2D eigenvalue weighted by atomic mass is 35.5. The maximum Gasteiger partial charge on any atom is 0.418 e. The molecular formula is C15H13ClF3NO. The molecule has 0 aliphatic heterocycles. The summed E-state index contributed by atoms with van der Waals surface area (Å²) in [5.41, 5.74) is -0.537. The predicted octanol–water partition coefficient (Wildman–Crippen LogP) is 5.24. The fraction of sp³-hybridized carbons (Fsp3) is 0.200. The van der Waals surface area contributed by atoms with E-state index in [-0.39, 0.29) is 16.5 Å². The Morgan fingerprint density at radius 3 is 2.38 bits per heavy atom. The van der Waals surface area contributed by atoms with Gasteiger partial charge in [-0.2, -0.15) is 13.2 Å². The normalized spacial score (nSPS) is 13.0. The van der Waals surface area contributed by atoms with Crippen molar-refractivity contribution >= 4 is 17.3 Å². The van der Waals surface area contributed by atoms with Crippen LogP contribution < -0.4 is 5.32 Å². The molecule has 2 rings (SSSR count). The van der Waals surface area contributed by atoms with E-state index in [1.807, 2.05) is 0 Å². The lowest BCUT2D eigenvalue weighted by Crippen LogP contribution is -2.14. The van der Waals surface area contributed by atoms with Gasteiger partial charge in [-0.3, -0.25) is 0 Å². The molecule has 6 heteroatoms. The molecule has 1 atom stereocenters. The van der Waals surface area contributed by atoms with E-state index in [0.717, 1.165) is 6.07 Å². The number of rotatable bonds is 3. The topological polar surface area (TPSA) is 32.3 Å². The SMILES string of the molecule is CC(Nc1c(Cl)cccc1C(F)(F)F)c1ccccc1O. The van der Waals surface area contributed by atoms with Gasteiger partial charge in [0.15, 0.2) is 0 Å². The first kappa shape index (κ1) is 15.5. The third-order valence-electron chi connectivity index (χ3n) is 3.08. The second-order valence-corrected chi connectivity index (χ2v) is 4.99. The summed E-state index contributed by atoms with van der Waals surface area (Å²) < 4.78 is 39.0. The highest BCUT2D eigenvalue weighted by Crippen LogP contribution is 2.40. The number of phenols is 1. The molecule has 0 aliphatic carbocycles. The van der Waals surface area contributed by atoms with Crippen molar-refractivity contribution in [1.82, 2.24) is 0 Å². The average Bonchev–Trinajstić information content (AvgIpc) is 2.40. The fourth-order valence-corrected chi connectivity index (χ4v) is 2.28. The van der Waals surface area contributed by atoms with Crippen molar-refractivity contribution in [3.63, 3.8) is 0 Å². The van der Waals surface area contributed by atoms with Gasteiger partial charge in [0.2, 0.25) is 0 Å². The van der Waals surface area contributed by atoms with Crippen LogP contribution in [0.1, 0.15) is 24.1 Å². The Morgan fingerprint density at radius 2 is 1.76 bits per heavy atom. The minimum atomic E-state index is -4.51. The number of para-hydroxylation sites is 2. The zero-order valence-electron chi connectivity index (χ0n) is 11.1. The first-order valence-electron chi connectivity index (χ1n) is 6.21. The van der Waals surface area contributed by atoms with Crippen molar-refractivity contribution < 1.29 is 18.3 Å². The molecule has 2 aromatic carbocycles. The Bertz CT molecular complexity index is 643. The van der Waals surface area contributed by atoms with E-state index in [4.69, 9.17) is 11.6 Å². The van der Waals surface area contributed by atoms with Gasteiger partial charge in [0.05, 0.1) is 22.3 Å². The van der Waals surface area contributed by atoms with Crippen molar-refractivity contribution in [3.05, 3.63) is 58.6 Å². The Kier molecular flexibility index (Phi) is 4.32. The monoisotopic (exact) mass is 315 g/mol. The molecular weight excluding hydrogens is 303 g/mol. The summed E-state index contributed by atoms with van der Waals surface area (Å²) in [4.78, 5) is 0. The van der Waals surface area contributed by atoms with E-state index < -0.39 is 17.8 Å². The highest BCUT2D eigenvalue weighted by Gasteiger charge is 2.34. The minimum Gasteiger partial charge on any atom is -0.508 e. The van der Waals surface area contributed by atoms with Gasteiger partial charge in [-0.05, 0) is 25.1 Å². The van der Waals surface area contributed by atoms with Crippen LogP contribution >= 0.6 is 11.6 Å². The van der Waals surface area contributed by atoms with E-state index in [2.05, 4.69) is 5.32 Å². The van der Waals surface area contributed by atoms with Crippen LogP contribution in [0, 0.1) is 0 Å². The molecule has 2 nitrogen and oxygen atoms in total. The Labute approximate surface area is 125 Å². The first-order valence-corrected chi connectivity index (χ1v) is 6.58. The molecule has 112 valence electrons. The largest absolute Gasteiger partial charge is 0.508 e. The lowest BCUT2D eigenvalue weighted by molar-refractivity contribution is -0.137. The molecule has 2 aromatic rings. The van der Waals surface area contributed by atoms with Crippen LogP contribution in [0.15, 0.2) is 42.5 Å². The number of phenolic OH excluding ortho intramolecular Hbond substituents is 1. The summed E-state index contributed by atoms with van der Waals surface area (Å²) >= 11 is 5.88. The zero-order chi connectivity index (χ0) is 15.6. The predicted molar refractivity (Wildman–Crippen MR) is 76.6 cm³/mol. The number of nitrogens with one attached hydrogen (secondary N) is 1. The van der Waals surface area contributed by atoms with Crippen molar-refractivity contribution in [1.29, 1.82) is 0 Å². The van der Waals surface area contributed by atoms with Crippen LogP contribution in [0.4, 0.5) is 18.9 Å². The van der Waals surface area contributed by atoms with E-state index in [9.17, 15) is 18.3 Å². The molecule has 0 heterocycles. The van der Waals surface area contributed by atoms with E-state index in [1.165, 1.54) is 18.2 Å². The number of hydrogen-bond acceptors (Lipinski definition) is 2. The van der Waals surface area contributed by atoms with Crippen LogP contribution in [-0.2, 0) is 6.18 Å². The van der Waals surface area contributed by atoms with E-state index >= 15 is 0 Å². The van der Waals surface area contributed by atoms with Gasteiger partial charge < -0.3 is 10.4 Å². The van der Waals surface area contributed by atoms with Crippen LogP contribution in [-0.4, -0.2) is 5.11 Å². The number of alkyl halides is 3. The molecule has 0 amide bonds. The molecule has 1 unspecified atom stereocenters. The summed E-state index contributed by atoms with van der Waals surface area (Å²) in [5, 5.41) is 12.5. The van der Waals surface area contributed by atoms with E-state index in [0.29, 0.717) is 5.56 Å². The molecule has 2 N–H and O–H groups in total. The third kappa shape index (κ3) is 3.42. The minimum absolute atomic E-state index is 0.0121. The smallest absolute Gasteiger partial charge is 0.418 e. The molecule has 0 saturated carbocycles. The quantitative estimate of drug-likeness (QED) is 0.812. The van der Waals surface area contributed by atoms with Gasteiger partial charge in [-0.1, -0.05) is 35.9 Å². The third-order valence-corrected chi connectivity index (χ3v) is 3.40. The van der Waals surface area contributed by atoms with Crippen molar-refractivity contribution in [2.45, 2.75) is 19.1 Å². The van der Waals surface area contributed by atoms with E-state index in [1.54, 1.807) is 25.1 Å². The van der Waals surface area contributed by atoms with Crippen molar-refractivity contribution in [2.24, 2.45) is 0 Å². The summed E-state index contributed by atoms with van der Waals surface area (Å²) in [6, 6.07) is 9.52. The van der Waals surface area contributed by atoms with Gasteiger partial charge in [0, 0.05) is 5.56 Å².